The van der Waals surface area contributed by atoms with Gasteiger partial charge in [0.2, 0.25) is 0 Å². The molecule has 1 aliphatic carbocycles. The van der Waals surface area contributed by atoms with Gasteiger partial charge in [-0.2, -0.15) is 5.10 Å². The molecule has 3 unspecified atom stereocenters. The van der Waals surface area contributed by atoms with Gasteiger partial charge in [-0.05, 0) is 49.4 Å². The molecule has 1 aliphatic heterocycles. The van der Waals surface area contributed by atoms with Gasteiger partial charge in [0.15, 0.2) is 0 Å². The van der Waals surface area contributed by atoms with E-state index in [2.05, 4.69) is 69.8 Å². The van der Waals surface area contributed by atoms with Gasteiger partial charge in [-0.25, -0.2) is 0 Å². The summed E-state index contributed by atoms with van der Waals surface area (Å²) in [5.74, 6) is 0.760. The average molecular weight is 332 g/mol. The maximum atomic E-state index is 4.12. The topological polar surface area (TPSA) is 44.0 Å². The largest absolute Gasteiger partial charge is 0.380 e. The summed E-state index contributed by atoms with van der Waals surface area (Å²) in [6.45, 7) is 4.43. The number of nitrogens with zero attached hydrogens (tertiary/aromatic N) is 2. The number of anilines is 1. The third-order valence-corrected chi connectivity index (χ3v) is 5.97. The fourth-order valence-corrected chi connectivity index (χ4v) is 4.66. The van der Waals surface area contributed by atoms with Crippen molar-refractivity contribution in [3.8, 4) is 0 Å². The maximum absolute atomic E-state index is 4.12. The number of hydrogen-bond donors (Lipinski definition) is 2. The Morgan fingerprint density at radius 1 is 1.16 bits per heavy atom. The monoisotopic (exact) mass is 332 g/mol. The molecular weight excluding hydrogens is 308 g/mol. The Morgan fingerprint density at radius 3 is 2.92 bits per heavy atom. The van der Waals surface area contributed by atoms with Crippen LogP contribution in [0.1, 0.15) is 24.0 Å². The predicted octanol–water partition coefficient (Wildman–Crippen LogP) is 3.95. The molecule has 128 valence electrons. The summed E-state index contributed by atoms with van der Waals surface area (Å²) < 4.78 is 0. The number of benzene rings is 2. The van der Waals surface area contributed by atoms with Gasteiger partial charge in [0.1, 0.15) is 0 Å². The zero-order valence-electron chi connectivity index (χ0n) is 14.6. The summed E-state index contributed by atoms with van der Waals surface area (Å²) in [5.41, 5.74) is 5.08. The Morgan fingerprint density at radius 2 is 2.04 bits per heavy atom. The van der Waals surface area contributed by atoms with Crippen LogP contribution in [0.4, 0.5) is 5.69 Å². The number of piperidine rings is 1. The van der Waals surface area contributed by atoms with Crippen molar-refractivity contribution in [3.05, 3.63) is 59.8 Å². The number of aromatic nitrogens is 2. The minimum atomic E-state index is 0.565. The quantitative estimate of drug-likeness (QED) is 0.760. The van der Waals surface area contributed by atoms with Crippen LogP contribution < -0.4 is 5.32 Å². The highest BCUT2D eigenvalue weighted by Gasteiger charge is 2.46. The molecule has 0 radical (unpaired) electrons. The lowest BCUT2D eigenvalue weighted by Crippen LogP contribution is -2.36. The first-order chi connectivity index (χ1) is 12.3. The Balaban J connectivity index is 1.32. The van der Waals surface area contributed by atoms with Crippen LogP contribution in [-0.2, 0) is 6.54 Å². The van der Waals surface area contributed by atoms with Crippen LogP contribution in [0.5, 0.6) is 0 Å². The predicted molar refractivity (Wildman–Crippen MR) is 102 cm³/mol. The van der Waals surface area contributed by atoms with Crippen LogP contribution in [0.3, 0.4) is 0 Å². The molecule has 2 aliphatic rings. The van der Waals surface area contributed by atoms with E-state index in [0.29, 0.717) is 12.1 Å². The average Bonchev–Trinajstić information content (AvgIpc) is 3.31. The van der Waals surface area contributed by atoms with Gasteiger partial charge in [-0.1, -0.05) is 29.8 Å². The molecule has 4 nitrogen and oxygen atoms in total. The Kier molecular flexibility index (Phi) is 3.52. The van der Waals surface area contributed by atoms with Gasteiger partial charge in [-0.15, -0.1) is 0 Å². The normalized spacial score (nSPS) is 25.7. The molecule has 2 fully saturated rings. The molecule has 25 heavy (non-hydrogen) atoms. The lowest BCUT2D eigenvalue weighted by molar-refractivity contribution is 0.204. The number of aromatic amines is 1. The summed E-state index contributed by atoms with van der Waals surface area (Å²) in [7, 11) is 0. The first-order valence-corrected chi connectivity index (χ1v) is 9.25. The highest BCUT2D eigenvalue weighted by Crippen LogP contribution is 2.40. The first-order valence-electron chi connectivity index (χ1n) is 9.25. The lowest BCUT2D eigenvalue weighted by Gasteiger charge is -2.27. The second-order valence-electron chi connectivity index (χ2n) is 7.66. The van der Waals surface area contributed by atoms with Crippen LogP contribution in [0.2, 0.25) is 0 Å². The second kappa shape index (κ2) is 5.88. The molecule has 1 aromatic heterocycles. The molecule has 2 N–H and O–H groups in total. The summed E-state index contributed by atoms with van der Waals surface area (Å²) in [5, 5.41) is 12.1. The number of hydrogen-bond acceptors (Lipinski definition) is 3. The molecule has 0 spiro atoms. The van der Waals surface area contributed by atoms with Crippen molar-refractivity contribution in [1.82, 2.24) is 15.1 Å². The number of aryl methyl sites for hydroxylation is 1. The van der Waals surface area contributed by atoms with Crippen molar-refractivity contribution < 1.29 is 0 Å². The first kappa shape index (κ1) is 15.0. The van der Waals surface area contributed by atoms with E-state index in [1.807, 2.05) is 6.20 Å². The Bertz CT molecular complexity index is 882. The smallest absolute Gasteiger partial charge is 0.0651 e. The molecular formula is C21H24N4. The van der Waals surface area contributed by atoms with Crippen molar-refractivity contribution in [1.29, 1.82) is 0 Å². The molecule has 0 amide bonds. The van der Waals surface area contributed by atoms with Gasteiger partial charge in [0.25, 0.3) is 0 Å². The fourth-order valence-electron chi connectivity index (χ4n) is 4.66. The molecule has 2 aromatic carbocycles. The van der Waals surface area contributed by atoms with E-state index < -0.39 is 0 Å². The number of H-pyrrole nitrogens is 1. The van der Waals surface area contributed by atoms with Crippen molar-refractivity contribution in [2.75, 3.05) is 11.9 Å². The van der Waals surface area contributed by atoms with E-state index in [-0.39, 0.29) is 0 Å². The molecule has 2 heterocycles. The van der Waals surface area contributed by atoms with E-state index in [0.717, 1.165) is 18.0 Å². The molecule has 3 aromatic rings. The van der Waals surface area contributed by atoms with Gasteiger partial charge in [-0.3, -0.25) is 10.00 Å². The minimum Gasteiger partial charge on any atom is -0.380 e. The summed E-state index contributed by atoms with van der Waals surface area (Å²) in [6.07, 6.45) is 4.55. The molecule has 1 saturated heterocycles. The Labute approximate surface area is 148 Å². The number of likely N-dealkylation sites (tertiary alicyclic amines) is 1. The molecule has 3 atom stereocenters. The van der Waals surface area contributed by atoms with E-state index in [1.165, 1.54) is 41.6 Å². The van der Waals surface area contributed by atoms with E-state index in [9.17, 15) is 0 Å². The zero-order chi connectivity index (χ0) is 16.8. The molecule has 4 heteroatoms. The van der Waals surface area contributed by atoms with Crippen molar-refractivity contribution in [3.63, 3.8) is 0 Å². The van der Waals surface area contributed by atoms with Gasteiger partial charge in [0, 0.05) is 36.2 Å². The summed E-state index contributed by atoms with van der Waals surface area (Å²) >= 11 is 0. The molecule has 5 rings (SSSR count). The van der Waals surface area contributed by atoms with Crippen molar-refractivity contribution >= 4 is 16.6 Å². The van der Waals surface area contributed by atoms with E-state index in [1.54, 1.807) is 0 Å². The van der Waals surface area contributed by atoms with Gasteiger partial charge >= 0.3 is 0 Å². The summed E-state index contributed by atoms with van der Waals surface area (Å²) in [6, 6.07) is 16.7. The van der Waals surface area contributed by atoms with Crippen molar-refractivity contribution in [2.24, 2.45) is 5.92 Å². The second-order valence-corrected chi connectivity index (χ2v) is 7.66. The number of nitrogens with one attached hydrogen (secondary N) is 2. The summed E-state index contributed by atoms with van der Waals surface area (Å²) in [4.78, 5) is 2.67. The van der Waals surface area contributed by atoms with Crippen LogP contribution in [0, 0.1) is 12.8 Å². The van der Waals surface area contributed by atoms with Gasteiger partial charge < -0.3 is 5.32 Å². The molecule has 2 bridgehead atoms. The van der Waals surface area contributed by atoms with Crippen molar-refractivity contribution in [2.45, 2.75) is 38.4 Å². The van der Waals surface area contributed by atoms with E-state index >= 15 is 0 Å². The van der Waals surface area contributed by atoms with Crippen LogP contribution in [0.25, 0.3) is 10.9 Å². The number of fused-ring (bicyclic) bond motifs is 3. The van der Waals surface area contributed by atoms with Crippen LogP contribution in [0.15, 0.2) is 48.7 Å². The third-order valence-electron chi connectivity index (χ3n) is 5.97. The van der Waals surface area contributed by atoms with E-state index in [4.69, 9.17) is 0 Å². The highest BCUT2D eigenvalue weighted by atomic mass is 15.2. The highest BCUT2D eigenvalue weighted by molar-refractivity contribution is 5.81. The minimum absolute atomic E-state index is 0.565. The van der Waals surface area contributed by atoms with Gasteiger partial charge in [0.05, 0.1) is 11.7 Å². The zero-order valence-corrected chi connectivity index (χ0v) is 14.6. The molecule has 1 saturated carbocycles. The third kappa shape index (κ3) is 2.71. The lowest BCUT2D eigenvalue weighted by atomic mass is 10.1. The van der Waals surface area contributed by atoms with Crippen LogP contribution in [-0.4, -0.2) is 33.7 Å². The fraction of sp³-hybridized carbons (Fsp3) is 0.381. The number of rotatable bonds is 4. The van der Waals surface area contributed by atoms with Crippen LogP contribution >= 0.6 is 0 Å². The SMILES string of the molecule is Cc1ccc(CN2CC3CCC2C3Nc2ccc3[nH]ncc3c2)cc1. The maximum Gasteiger partial charge on any atom is 0.0651 e. The Hall–Kier alpha value is -2.33. The standard InChI is InChI=1S/C21H24N4/c1-14-2-4-15(5-3-14)12-25-13-16-6-9-20(25)21(16)23-18-7-8-19-17(10-18)11-22-24-19/h2-5,7-8,10-11,16,20-21,23H,6,9,12-13H2,1H3,(H,22,24).